The molecular weight excluding hydrogens is 134 g/mol. The van der Waals surface area contributed by atoms with Crippen LogP contribution in [0.15, 0.2) is 12.1 Å². The van der Waals surface area contributed by atoms with Gasteiger partial charge in [-0.3, -0.25) is 4.98 Å². The molecule has 11 heavy (non-hydrogen) atoms. The van der Waals surface area contributed by atoms with Gasteiger partial charge in [-0.05, 0) is 37.3 Å². The topological polar surface area (TPSA) is 12.9 Å². The molecule has 58 valence electrons. The standard InChI is InChI=1S/C10H13N/c1-7-5-9-4-3-8(2)11-10(9)6-7/h3-4,7H,5-6H2,1-2H3/t7-/m1/s1. The van der Waals surface area contributed by atoms with E-state index in [4.69, 9.17) is 0 Å². The smallest absolute Gasteiger partial charge is 0.0441 e. The maximum Gasteiger partial charge on any atom is 0.0441 e. The molecule has 0 amide bonds. The number of rotatable bonds is 0. The molecule has 1 heteroatoms. The van der Waals surface area contributed by atoms with Crippen LogP contribution >= 0.6 is 0 Å². The number of aromatic nitrogens is 1. The van der Waals surface area contributed by atoms with E-state index in [-0.39, 0.29) is 0 Å². The maximum absolute atomic E-state index is 4.50. The van der Waals surface area contributed by atoms with Crippen molar-refractivity contribution in [3.63, 3.8) is 0 Å². The van der Waals surface area contributed by atoms with Gasteiger partial charge >= 0.3 is 0 Å². The third-order valence-electron chi connectivity index (χ3n) is 2.32. The normalized spacial score (nSPS) is 21.8. The Kier molecular flexibility index (Phi) is 1.45. The fraction of sp³-hybridized carbons (Fsp3) is 0.500. The van der Waals surface area contributed by atoms with Gasteiger partial charge in [-0.2, -0.15) is 0 Å². The number of hydrogen-bond donors (Lipinski definition) is 0. The van der Waals surface area contributed by atoms with Crippen LogP contribution in [0.4, 0.5) is 0 Å². The van der Waals surface area contributed by atoms with Gasteiger partial charge in [0.1, 0.15) is 0 Å². The van der Waals surface area contributed by atoms with Gasteiger partial charge in [0.25, 0.3) is 0 Å². The lowest BCUT2D eigenvalue weighted by atomic mass is 10.1. The van der Waals surface area contributed by atoms with Crippen molar-refractivity contribution in [1.82, 2.24) is 4.98 Å². The van der Waals surface area contributed by atoms with E-state index in [2.05, 4.69) is 31.0 Å². The van der Waals surface area contributed by atoms with Crippen molar-refractivity contribution in [1.29, 1.82) is 0 Å². The summed E-state index contributed by atoms with van der Waals surface area (Å²) in [5, 5.41) is 0. The second-order valence-corrected chi connectivity index (χ2v) is 3.57. The highest BCUT2D eigenvalue weighted by Gasteiger charge is 2.18. The zero-order valence-corrected chi connectivity index (χ0v) is 7.09. The average molecular weight is 147 g/mol. The van der Waals surface area contributed by atoms with Crippen LogP contribution in [0.3, 0.4) is 0 Å². The van der Waals surface area contributed by atoms with E-state index >= 15 is 0 Å². The lowest BCUT2D eigenvalue weighted by Gasteiger charge is -1.97. The minimum atomic E-state index is 0.805. The molecule has 0 radical (unpaired) electrons. The molecule has 1 atom stereocenters. The highest BCUT2D eigenvalue weighted by Crippen LogP contribution is 2.24. The van der Waals surface area contributed by atoms with Crippen molar-refractivity contribution >= 4 is 0 Å². The van der Waals surface area contributed by atoms with E-state index in [1.54, 1.807) is 0 Å². The third-order valence-corrected chi connectivity index (χ3v) is 2.32. The molecule has 0 N–H and O–H groups in total. The van der Waals surface area contributed by atoms with Crippen molar-refractivity contribution in [3.8, 4) is 0 Å². The fourth-order valence-electron chi connectivity index (χ4n) is 1.78. The minimum absolute atomic E-state index is 0.805. The van der Waals surface area contributed by atoms with E-state index in [0.717, 1.165) is 11.6 Å². The van der Waals surface area contributed by atoms with Crippen LogP contribution in [0.1, 0.15) is 23.9 Å². The molecule has 1 aliphatic rings. The first-order chi connectivity index (χ1) is 5.25. The van der Waals surface area contributed by atoms with E-state index in [0.29, 0.717) is 0 Å². The van der Waals surface area contributed by atoms with E-state index in [1.165, 1.54) is 24.1 Å². The largest absolute Gasteiger partial charge is 0.258 e. The Labute approximate surface area is 67.5 Å². The zero-order chi connectivity index (χ0) is 7.84. The van der Waals surface area contributed by atoms with Gasteiger partial charge in [-0.25, -0.2) is 0 Å². The number of pyridine rings is 1. The molecule has 0 fully saturated rings. The molecule has 1 aromatic heterocycles. The first-order valence-electron chi connectivity index (χ1n) is 4.21. The lowest BCUT2D eigenvalue weighted by Crippen LogP contribution is -1.91. The molecule has 2 rings (SSSR count). The van der Waals surface area contributed by atoms with Crippen LogP contribution in [0.5, 0.6) is 0 Å². The molecule has 1 nitrogen and oxygen atoms in total. The second-order valence-electron chi connectivity index (χ2n) is 3.57. The summed E-state index contributed by atoms with van der Waals surface area (Å²) in [7, 11) is 0. The second kappa shape index (κ2) is 2.33. The van der Waals surface area contributed by atoms with Gasteiger partial charge in [0.15, 0.2) is 0 Å². The van der Waals surface area contributed by atoms with Gasteiger partial charge in [-0.15, -0.1) is 0 Å². The number of nitrogens with zero attached hydrogens (tertiary/aromatic N) is 1. The van der Waals surface area contributed by atoms with Crippen LogP contribution in [-0.4, -0.2) is 4.98 Å². The molecule has 0 aliphatic heterocycles. The molecular formula is C10H13N. The van der Waals surface area contributed by atoms with Gasteiger partial charge in [0.05, 0.1) is 0 Å². The van der Waals surface area contributed by atoms with Crippen molar-refractivity contribution in [2.75, 3.05) is 0 Å². The Morgan fingerprint density at radius 1 is 1.36 bits per heavy atom. The highest BCUT2D eigenvalue weighted by atomic mass is 14.7. The van der Waals surface area contributed by atoms with Crippen LogP contribution in [-0.2, 0) is 12.8 Å². The number of fused-ring (bicyclic) bond motifs is 1. The summed E-state index contributed by atoms with van der Waals surface area (Å²) in [5.41, 5.74) is 3.94. The quantitative estimate of drug-likeness (QED) is 0.547. The molecule has 1 aliphatic carbocycles. The van der Waals surface area contributed by atoms with E-state index in [1.807, 2.05) is 0 Å². The third kappa shape index (κ3) is 1.15. The summed E-state index contributed by atoms with van der Waals surface area (Å²) < 4.78 is 0. The Bertz CT molecular complexity index is 278. The van der Waals surface area contributed by atoms with Gasteiger partial charge < -0.3 is 0 Å². The van der Waals surface area contributed by atoms with Gasteiger partial charge in [0.2, 0.25) is 0 Å². The molecule has 0 aromatic carbocycles. The van der Waals surface area contributed by atoms with Crippen LogP contribution < -0.4 is 0 Å². The Morgan fingerprint density at radius 2 is 2.18 bits per heavy atom. The maximum atomic E-state index is 4.50. The lowest BCUT2D eigenvalue weighted by molar-refractivity contribution is 0.623. The minimum Gasteiger partial charge on any atom is -0.258 e. The predicted molar refractivity (Wildman–Crippen MR) is 45.5 cm³/mol. The van der Waals surface area contributed by atoms with Crippen molar-refractivity contribution < 1.29 is 0 Å². The van der Waals surface area contributed by atoms with Crippen molar-refractivity contribution in [3.05, 3.63) is 29.1 Å². The Balaban J connectivity index is 2.43. The summed E-state index contributed by atoms with van der Waals surface area (Å²) in [6, 6.07) is 4.33. The summed E-state index contributed by atoms with van der Waals surface area (Å²) in [5.74, 6) is 0.805. The van der Waals surface area contributed by atoms with E-state index in [9.17, 15) is 0 Å². The van der Waals surface area contributed by atoms with Crippen LogP contribution in [0, 0.1) is 12.8 Å². The molecule has 0 bridgehead atoms. The van der Waals surface area contributed by atoms with Gasteiger partial charge in [0, 0.05) is 11.4 Å². The fourth-order valence-corrected chi connectivity index (χ4v) is 1.78. The van der Waals surface area contributed by atoms with Crippen LogP contribution in [0.2, 0.25) is 0 Å². The first-order valence-corrected chi connectivity index (χ1v) is 4.21. The monoisotopic (exact) mass is 147 g/mol. The SMILES string of the molecule is Cc1ccc2c(n1)C[C@H](C)C2. The molecule has 0 saturated heterocycles. The summed E-state index contributed by atoms with van der Waals surface area (Å²) in [6.45, 7) is 4.35. The van der Waals surface area contributed by atoms with Crippen molar-refractivity contribution in [2.24, 2.45) is 5.92 Å². The first kappa shape index (κ1) is 6.84. The summed E-state index contributed by atoms with van der Waals surface area (Å²) >= 11 is 0. The summed E-state index contributed by atoms with van der Waals surface area (Å²) in [4.78, 5) is 4.50. The molecule has 1 heterocycles. The van der Waals surface area contributed by atoms with Gasteiger partial charge in [-0.1, -0.05) is 13.0 Å². The van der Waals surface area contributed by atoms with Crippen LogP contribution in [0.25, 0.3) is 0 Å². The van der Waals surface area contributed by atoms with E-state index < -0.39 is 0 Å². The molecule has 0 spiro atoms. The zero-order valence-electron chi connectivity index (χ0n) is 7.09. The predicted octanol–water partition coefficient (Wildman–Crippen LogP) is 2.12. The summed E-state index contributed by atoms with van der Waals surface area (Å²) in [6.07, 6.45) is 2.40. The average Bonchev–Trinajstić information content (AvgIpc) is 2.27. The molecule has 0 saturated carbocycles. The molecule has 1 aromatic rings. The Morgan fingerprint density at radius 3 is 3.00 bits per heavy atom. The number of aryl methyl sites for hydroxylation is 1. The molecule has 0 unspecified atom stereocenters. The Hall–Kier alpha value is -0.850. The highest BCUT2D eigenvalue weighted by molar-refractivity contribution is 5.27. The van der Waals surface area contributed by atoms with Crippen molar-refractivity contribution in [2.45, 2.75) is 26.7 Å². The number of hydrogen-bond acceptors (Lipinski definition) is 1.